The van der Waals surface area contributed by atoms with E-state index in [4.69, 9.17) is 5.11 Å². The maximum atomic E-state index is 12.5. The Kier molecular flexibility index (Phi) is 4.30. The molecule has 0 aliphatic rings. The van der Waals surface area contributed by atoms with Crippen molar-refractivity contribution >= 4 is 22.6 Å². The number of pyridine rings is 1. The highest BCUT2D eigenvalue weighted by molar-refractivity contribution is 14.1. The second-order valence-corrected chi connectivity index (χ2v) is 3.75. The number of rotatable bonds is 3. The standard InChI is InChI=1S/C8H6F4INO2/c9-2-4-1-6(16-8(10,11)12)14-7(13)5(4)3-15/h1,15H,2-3H2. The molecule has 0 aromatic carbocycles. The fraction of sp³-hybridized carbons (Fsp3) is 0.375. The van der Waals surface area contributed by atoms with Gasteiger partial charge in [0.1, 0.15) is 10.4 Å². The van der Waals surface area contributed by atoms with Crippen LogP contribution in [0.1, 0.15) is 11.1 Å². The first kappa shape index (κ1) is 13.4. The first-order chi connectivity index (χ1) is 7.37. The van der Waals surface area contributed by atoms with Gasteiger partial charge in [-0.2, -0.15) is 0 Å². The van der Waals surface area contributed by atoms with Gasteiger partial charge in [0.15, 0.2) is 0 Å². The van der Waals surface area contributed by atoms with Crippen molar-refractivity contribution in [3.05, 3.63) is 20.9 Å². The van der Waals surface area contributed by atoms with Crippen molar-refractivity contribution in [2.24, 2.45) is 0 Å². The minimum Gasteiger partial charge on any atom is -0.392 e. The van der Waals surface area contributed by atoms with Crippen LogP contribution in [0.2, 0.25) is 0 Å². The number of aliphatic hydroxyl groups excluding tert-OH is 1. The Morgan fingerprint density at radius 2 is 2.06 bits per heavy atom. The third kappa shape index (κ3) is 3.44. The third-order valence-electron chi connectivity index (χ3n) is 1.67. The summed E-state index contributed by atoms with van der Waals surface area (Å²) >= 11 is 1.60. The van der Waals surface area contributed by atoms with E-state index in [1.54, 1.807) is 22.6 Å². The third-order valence-corrected chi connectivity index (χ3v) is 2.56. The summed E-state index contributed by atoms with van der Waals surface area (Å²) in [5.41, 5.74) is 0.0961. The van der Waals surface area contributed by atoms with Crippen molar-refractivity contribution in [2.75, 3.05) is 0 Å². The summed E-state index contributed by atoms with van der Waals surface area (Å²) < 4.78 is 51.8. The van der Waals surface area contributed by atoms with E-state index in [1.807, 2.05) is 0 Å². The molecule has 1 N–H and O–H groups in total. The van der Waals surface area contributed by atoms with Crippen LogP contribution in [0.25, 0.3) is 0 Å². The van der Waals surface area contributed by atoms with Gasteiger partial charge in [-0.25, -0.2) is 9.37 Å². The zero-order valence-electron chi connectivity index (χ0n) is 7.68. The Balaban J connectivity index is 3.10. The molecule has 3 nitrogen and oxygen atoms in total. The smallest absolute Gasteiger partial charge is 0.392 e. The fourth-order valence-corrected chi connectivity index (χ4v) is 1.78. The van der Waals surface area contributed by atoms with Crippen LogP contribution in [0.3, 0.4) is 0 Å². The number of ether oxygens (including phenoxy) is 1. The van der Waals surface area contributed by atoms with Crippen molar-refractivity contribution in [2.45, 2.75) is 19.6 Å². The lowest BCUT2D eigenvalue weighted by Crippen LogP contribution is -2.18. The summed E-state index contributed by atoms with van der Waals surface area (Å²) in [4.78, 5) is 3.46. The van der Waals surface area contributed by atoms with Gasteiger partial charge in [-0.05, 0) is 28.2 Å². The van der Waals surface area contributed by atoms with Gasteiger partial charge < -0.3 is 9.84 Å². The van der Waals surface area contributed by atoms with E-state index >= 15 is 0 Å². The largest absolute Gasteiger partial charge is 0.574 e. The molecule has 0 bridgehead atoms. The van der Waals surface area contributed by atoms with E-state index in [1.165, 1.54) is 0 Å². The average molecular weight is 351 g/mol. The molecule has 1 heterocycles. The van der Waals surface area contributed by atoms with Gasteiger partial charge in [0.25, 0.3) is 0 Å². The van der Waals surface area contributed by atoms with Crippen molar-refractivity contribution < 1.29 is 27.4 Å². The normalized spacial score (nSPS) is 11.6. The molecule has 1 rings (SSSR count). The molecule has 0 amide bonds. The molecule has 8 heteroatoms. The van der Waals surface area contributed by atoms with Crippen LogP contribution >= 0.6 is 22.6 Å². The summed E-state index contributed by atoms with van der Waals surface area (Å²) in [6.45, 7) is -1.49. The number of halogens is 5. The van der Waals surface area contributed by atoms with Crippen LogP contribution in [-0.2, 0) is 13.3 Å². The minimum atomic E-state index is -4.87. The lowest BCUT2D eigenvalue weighted by molar-refractivity contribution is -0.276. The number of nitrogens with zero attached hydrogens (tertiary/aromatic N) is 1. The highest BCUT2D eigenvalue weighted by Crippen LogP contribution is 2.26. The monoisotopic (exact) mass is 351 g/mol. The number of hydrogen-bond donors (Lipinski definition) is 1. The molecule has 0 fully saturated rings. The van der Waals surface area contributed by atoms with Crippen molar-refractivity contribution in [1.29, 1.82) is 0 Å². The van der Waals surface area contributed by atoms with Gasteiger partial charge >= 0.3 is 6.36 Å². The molecule has 90 valence electrons. The van der Waals surface area contributed by atoms with Crippen LogP contribution in [-0.4, -0.2) is 16.5 Å². The molecule has 16 heavy (non-hydrogen) atoms. The Morgan fingerprint density at radius 1 is 1.44 bits per heavy atom. The molecule has 0 spiro atoms. The number of hydrogen-bond acceptors (Lipinski definition) is 3. The Labute approximate surface area is 102 Å². The van der Waals surface area contributed by atoms with Crippen LogP contribution in [0.5, 0.6) is 5.88 Å². The Bertz CT molecular complexity index is 383. The first-order valence-electron chi connectivity index (χ1n) is 3.98. The van der Waals surface area contributed by atoms with E-state index in [-0.39, 0.29) is 14.8 Å². The molecule has 0 aliphatic carbocycles. The molecule has 0 unspecified atom stereocenters. The molecule has 1 aromatic heterocycles. The van der Waals surface area contributed by atoms with Gasteiger partial charge in [0.05, 0.1) is 6.61 Å². The van der Waals surface area contributed by atoms with Gasteiger partial charge in [0.2, 0.25) is 5.88 Å². The first-order valence-corrected chi connectivity index (χ1v) is 5.06. The second kappa shape index (κ2) is 5.13. The zero-order chi connectivity index (χ0) is 12.3. The van der Waals surface area contributed by atoms with Gasteiger partial charge in [-0.1, -0.05) is 0 Å². The summed E-state index contributed by atoms with van der Waals surface area (Å²) in [6, 6.07) is 0.821. The van der Waals surface area contributed by atoms with E-state index < -0.39 is 25.5 Å². The zero-order valence-corrected chi connectivity index (χ0v) is 9.84. The molecule has 0 atom stereocenters. The summed E-state index contributed by atoms with van der Waals surface area (Å²) in [7, 11) is 0. The topological polar surface area (TPSA) is 42.4 Å². The lowest BCUT2D eigenvalue weighted by Gasteiger charge is -2.11. The Morgan fingerprint density at radius 3 is 2.50 bits per heavy atom. The van der Waals surface area contributed by atoms with Gasteiger partial charge in [-0.3, -0.25) is 0 Å². The van der Waals surface area contributed by atoms with Crippen LogP contribution in [0.4, 0.5) is 17.6 Å². The fourth-order valence-electron chi connectivity index (χ4n) is 1.02. The van der Waals surface area contributed by atoms with Crippen LogP contribution in [0, 0.1) is 3.70 Å². The quantitative estimate of drug-likeness (QED) is 0.517. The van der Waals surface area contributed by atoms with Crippen LogP contribution < -0.4 is 4.74 Å². The van der Waals surface area contributed by atoms with Gasteiger partial charge in [0, 0.05) is 11.6 Å². The second-order valence-electron chi connectivity index (χ2n) is 2.73. The maximum absolute atomic E-state index is 12.5. The molecular formula is C8H6F4INO2. The predicted molar refractivity (Wildman–Crippen MR) is 54.4 cm³/mol. The maximum Gasteiger partial charge on any atom is 0.574 e. The highest BCUT2D eigenvalue weighted by Gasteiger charge is 2.32. The highest BCUT2D eigenvalue weighted by atomic mass is 127. The van der Waals surface area contributed by atoms with Gasteiger partial charge in [-0.15, -0.1) is 13.2 Å². The van der Waals surface area contributed by atoms with E-state index in [2.05, 4.69) is 9.72 Å². The van der Waals surface area contributed by atoms with Crippen molar-refractivity contribution in [1.82, 2.24) is 4.98 Å². The molecule has 0 saturated carbocycles. The average Bonchev–Trinajstić information content (AvgIpc) is 2.14. The van der Waals surface area contributed by atoms with E-state index in [0.29, 0.717) is 0 Å². The van der Waals surface area contributed by atoms with Crippen molar-refractivity contribution in [3.8, 4) is 5.88 Å². The number of alkyl halides is 4. The number of aliphatic hydroxyl groups is 1. The molecule has 0 radical (unpaired) electrons. The van der Waals surface area contributed by atoms with E-state index in [9.17, 15) is 17.6 Å². The Hall–Kier alpha value is -0.640. The number of aromatic nitrogens is 1. The molecular weight excluding hydrogens is 345 g/mol. The molecule has 0 saturated heterocycles. The predicted octanol–water partition coefficient (Wildman–Crippen LogP) is 2.55. The molecule has 1 aromatic rings. The summed E-state index contributed by atoms with van der Waals surface area (Å²) in [5.74, 6) is -0.734. The van der Waals surface area contributed by atoms with Crippen molar-refractivity contribution in [3.63, 3.8) is 0 Å². The lowest BCUT2D eigenvalue weighted by atomic mass is 10.1. The minimum absolute atomic E-state index is 0.0684. The van der Waals surface area contributed by atoms with Crippen LogP contribution in [0.15, 0.2) is 6.07 Å². The van der Waals surface area contributed by atoms with E-state index in [0.717, 1.165) is 6.07 Å². The summed E-state index contributed by atoms with van der Waals surface area (Å²) in [6.07, 6.45) is -4.87. The summed E-state index contributed by atoms with van der Waals surface area (Å²) in [5, 5.41) is 8.88. The molecule has 0 aliphatic heterocycles. The SMILES string of the molecule is OCc1c(CF)cc(OC(F)(F)F)nc1I.